The number of aryl methyl sites for hydroxylation is 1. The van der Waals surface area contributed by atoms with Gasteiger partial charge in [0.05, 0.1) is 52.8 Å². The molecule has 7 atom stereocenters. The van der Waals surface area contributed by atoms with Crippen LogP contribution in [0.1, 0.15) is 142 Å². The van der Waals surface area contributed by atoms with E-state index >= 15 is 0 Å². The number of hydrogen-bond acceptors (Lipinski definition) is 10. The lowest BCUT2D eigenvalue weighted by molar-refractivity contribution is -0.154. The van der Waals surface area contributed by atoms with Crippen molar-refractivity contribution < 1.29 is 41.8 Å². The van der Waals surface area contributed by atoms with E-state index in [1.165, 1.54) is 19.3 Å². The number of carbonyl (C=O) groups excluding carboxylic acids is 4. The molecule has 0 radical (unpaired) electrons. The first-order valence-electron chi connectivity index (χ1n) is 23.4. The molecule has 8 rings (SSSR count). The topological polar surface area (TPSA) is 158 Å². The fourth-order valence-corrected chi connectivity index (χ4v) is 11.2. The van der Waals surface area contributed by atoms with Crippen LogP contribution in [-0.4, -0.2) is 78.0 Å². The highest BCUT2D eigenvalue weighted by Gasteiger charge is 2.62. The third kappa shape index (κ3) is 9.58. The molecule has 2 aromatic rings. The second kappa shape index (κ2) is 17.2. The van der Waals surface area contributed by atoms with Crippen molar-refractivity contribution in [3.63, 3.8) is 0 Å². The number of carbonyl (C=O) groups is 4. The highest BCUT2D eigenvalue weighted by Crippen LogP contribution is 2.57. The summed E-state index contributed by atoms with van der Waals surface area (Å²) < 4.78 is 47.3. The molecule has 2 bridgehead atoms. The number of allylic oxidation sites excluding steroid dienone is 1. The van der Waals surface area contributed by atoms with E-state index in [9.17, 15) is 27.6 Å². The van der Waals surface area contributed by atoms with E-state index < -0.39 is 61.5 Å². The summed E-state index contributed by atoms with van der Waals surface area (Å²) in [4.78, 5) is 63.8. The number of fused-ring (bicyclic) bond motifs is 5. The number of nitrogens with zero attached hydrogens (tertiary/aromatic N) is 2. The summed E-state index contributed by atoms with van der Waals surface area (Å²) in [6, 6.07) is 5.18. The molecule has 3 heterocycles. The van der Waals surface area contributed by atoms with Crippen LogP contribution in [0.4, 0.5) is 0 Å². The van der Waals surface area contributed by atoms with Crippen LogP contribution in [0.2, 0.25) is 0 Å². The van der Waals surface area contributed by atoms with E-state index in [-0.39, 0.29) is 50.0 Å². The molecule has 0 spiro atoms. The molecule has 1 N–H and O–H groups in total. The standard InChI is InChI=1S/C49H67N3O9S/c1-7-33-27-49(33,46(56)51-62(57,58)48(6)20-21-48)28-40(53)39-25-34-29-52(39)45(55)37(47(3,4)5)26-42(54)61-41-24-32(41)14-9-8-10-15-36-43(59-22-12-11-13-31-17-18-31)35-19-16-30(2)23-38(35)50-44(36)60-34/h7,16,19,23,31-34,37,39,41H,1,8-15,17-18,20-22,24-29H2,2-6H3,(H,51,56)/t32-,33-,34-,37-,39+,41-,49-/m1/s1. The average molecular weight is 874 g/mol. The first kappa shape index (κ1) is 44.6. The van der Waals surface area contributed by atoms with Gasteiger partial charge >= 0.3 is 5.97 Å². The van der Waals surface area contributed by atoms with Gasteiger partial charge < -0.3 is 19.1 Å². The van der Waals surface area contributed by atoms with Gasteiger partial charge in [0.15, 0.2) is 5.78 Å². The lowest BCUT2D eigenvalue weighted by atomic mass is 9.77. The Morgan fingerprint density at radius 1 is 1.06 bits per heavy atom. The summed E-state index contributed by atoms with van der Waals surface area (Å²) >= 11 is 0. The van der Waals surface area contributed by atoms with Crippen molar-refractivity contribution in [2.75, 3.05) is 13.2 Å². The van der Waals surface area contributed by atoms with Crippen molar-refractivity contribution >= 4 is 44.5 Å². The zero-order valence-electron chi connectivity index (χ0n) is 37.5. The molecule has 338 valence electrons. The van der Waals surface area contributed by atoms with Gasteiger partial charge in [-0.1, -0.05) is 65.0 Å². The fourth-order valence-electron chi connectivity index (χ4n) is 9.86. The van der Waals surface area contributed by atoms with Crippen LogP contribution >= 0.6 is 0 Å². The third-order valence-electron chi connectivity index (χ3n) is 14.8. The summed E-state index contributed by atoms with van der Waals surface area (Å²) in [5.41, 5.74) is 0.706. The number of aromatic nitrogens is 1. The van der Waals surface area contributed by atoms with Crippen LogP contribution in [0.5, 0.6) is 11.6 Å². The number of sulfonamides is 1. The first-order valence-corrected chi connectivity index (χ1v) is 24.8. The molecule has 12 nitrogen and oxygen atoms in total. The second-order valence-corrected chi connectivity index (χ2v) is 23.2. The van der Waals surface area contributed by atoms with Crippen molar-refractivity contribution in [2.24, 2.45) is 34.5 Å². The number of ether oxygens (including phenoxy) is 3. The van der Waals surface area contributed by atoms with Crippen LogP contribution in [0.3, 0.4) is 0 Å². The largest absolute Gasteiger partial charge is 0.492 e. The normalized spacial score (nSPS) is 29.9. The van der Waals surface area contributed by atoms with Crippen molar-refractivity contribution in [2.45, 2.75) is 167 Å². The van der Waals surface area contributed by atoms with E-state index in [1.807, 2.05) is 33.8 Å². The number of ketones is 1. The Morgan fingerprint density at radius 2 is 1.84 bits per heavy atom. The van der Waals surface area contributed by atoms with Crippen molar-refractivity contribution in [1.29, 1.82) is 0 Å². The summed E-state index contributed by atoms with van der Waals surface area (Å²) in [7, 11) is -3.96. The SMILES string of the molecule is C=C[C@@H]1C[C@]1(CC(=O)[C@@H]1C[C@@H]2CN1C(=O)[C@H](C(C)(C)C)CC(=O)O[C@@H]1C[C@H]1CCCCCc1c(nc3cc(C)ccc3c1OCCCCC1CC1)O2)C(=O)NS(=O)(=O)C1(C)CC1. The molecule has 5 fully saturated rings. The number of benzene rings is 1. The highest BCUT2D eigenvalue weighted by molar-refractivity contribution is 7.91. The molecule has 2 aliphatic heterocycles. The number of hydrogen-bond donors (Lipinski definition) is 1. The van der Waals surface area contributed by atoms with Crippen LogP contribution in [-0.2, 0) is 40.4 Å². The minimum Gasteiger partial charge on any atom is -0.492 e. The van der Waals surface area contributed by atoms with Gasteiger partial charge in [-0.05, 0) is 112 Å². The third-order valence-corrected chi connectivity index (χ3v) is 17.0. The molecular formula is C49H67N3O9S. The van der Waals surface area contributed by atoms with Gasteiger partial charge in [0, 0.05) is 18.2 Å². The van der Waals surface area contributed by atoms with Gasteiger partial charge in [-0.15, -0.1) is 6.58 Å². The lowest BCUT2D eigenvalue weighted by Gasteiger charge is -2.34. The average Bonchev–Trinajstić information content (AvgIpc) is 4.04. The molecule has 13 heteroatoms. The van der Waals surface area contributed by atoms with Gasteiger partial charge in [0.1, 0.15) is 18.0 Å². The van der Waals surface area contributed by atoms with Gasteiger partial charge in [-0.3, -0.25) is 23.9 Å². The molecule has 0 unspecified atom stereocenters. The maximum absolute atomic E-state index is 15.0. The molecule has 1 saturated heterocycles. The molecule has 1 aromatic heterocycles. The smallest absolute Gasteiger partial charge is 0.306 e. The van der Waals surface area contributed by atoms with E-state index in [0.717, 1.165) is 78.6 Å². The van der Waals surface area contributed by atoms with Gasteiger partial charge in [-0.25, -0.2) is 13.4 Å². The quantitative estimate of drug-likeness (QED) is 0.118. The number of amides is 2. The number of pyridine rings is 1. The van der Waals surface area contributed by atoms with E-state index in [0.29, 0.717) is 37.7 Å². The van der Waals surface area contributed by atoms with Gasteiger partial charge in [0.2, 0.25) is 27.7 Å². The molecule has 1 aromatic carbocycles. The molecule has 4 saturated carbocycles. The number of Topliss-reactive ketones (excluding diaryl/α,β-unsaturated/α-hetero) is 1. The maximum Gasteiger partial charge on any atom is 0.306 e. The number of esters is 1. The maximum atomic E-state index is 15.0. The van der Waals surface area contributed by atoms with Crippen molar-refractivity contribution in [1.82, 2.24) is 14.6 Å². The molecule has 4 aliphatic carbocycles. The summed E-state index contributed by atoms with van der Waals surface area (Å²) in [6.45, 7) is 13.9. The molecule has 62 heavy (non-hydrogen) atoms. The Kier molecular flexibility index (Phi) is 12.4. The van der Waals surface area contributed by atoms with Gasteiger partial charge in [-0.2, -0.15) is 0 Å². The zero-order chi connectivity index (χ0) is 44.2. The monoisotopic (exact) mass is 873 g/mol. The molecular weight excluding hydrogens is 807 g/mol. The number of unbranched alkanes of at least 4 members (excludes halogenated alkanes) is 1. The summed E-state index contributed by atoms with van der Waals surface area (Å²) in [6.07, 6.45) is 12.9. The first-order chi connectivity index (χ1) is 29.4. The van der Waals surface area contributed by atoms with E-state index in [2.05, 4.69) is 23.4 Å². The Bertz CT molecular complexity index is 2210. The summed E-state index contributed by atoms with van der Waals surface area (Å²) in [5, 5.41) is 0.927. The van der Waals surface area contributed by atoms with Crippen LogP contribution in [0, 0.1) is 41.4 Å². The Labute approximate surface area is 367 Å². The Hall–Kier alpha value is -4.00. The molecule has 6 aliphatic rings. The number of nitrogens with one attached hydrogen (secondary N) is 1. The molecule has 2 amide bonds. The fraction of sp³-hybridized carbons (Fsp3) is 0.694. The predicted molar refractivity (Wildman–Crippen MR) is 236 cm³/mol. The van der Waals surface area contributed by atoms with Crippen LogP contribution in [0.15, 0.2) is 30.9 Å². The Morgan fingerprint density at radius 3 is 2.53 bits per heavy atom. The minimum atomic E-state index is -3.96. The lowest BCUT2D eigenvalue weighted by Crippen LogP contribution is -2.49. The minimum absolute atomic E-state index is 0.0582. The van der Waals surface area contributed by atoms with Crippen molar-refractivity contribution in [3.8, 4) is 11.6 Å². The van der Waals surface area contributed by atoms with Gasteiger partial charge in [0.25, 0.3) is 0 Å². The van der Waals surface area contributed by atoms with Crippen LogP contribution < -0.4 is 14.2 Å². The highest BCUT2D eigenvalue weighted by atomic mass is 32.2. The second-order valence-electron chi connectivity index (χ2n) is 21.0. The number of rotatable bonds is 13. The Balaban J connectivity index is 1.13. The van der Waals surface area contributed by atoms with Crippen LogP contribution in [0.25, 0.3) is 10.9 Å². The summed E-state index contributed by atoms with van der Waals surface area (Å²) in [5.74, 6) is -0.690. The van der Waals surface area contributed by atoms with E-state index in [1.54, 1.807) is 17.9 Å². The predicted octanol–water partition coefficient (Wildman–Crippen LogP) is 8.10. The van der Waals surface area contributed by atoms with Crippen molar-refractivity contribution in [3.05, 3.63) is 42.0 Å². The zero-order valence-corrected chi connectivity index (χ0v) is 38.3. The van der Waals surface area contributed by atoms with E-state index in [4.69, 9.17) is 19.2 Å².